The van der Waals surface area contributed by atoms with Gasteiger partial charge < -0.3 is 9.30 Å². The topological polar surface area (TPSA) is 39.9 Å². The number of ether oxygens (including phenoxy) is 1. The van der Waals surface area contributed by atoms with E-state index in [0.29, 0.717) is 6.61 Å². The van der Waals surface area contributed by atoms with Gasteiger partial charge in [0.25, 0.3) is 0 Å². The Labute approximate surface area is 156 Å². The predicted octanol–water partition coefficient (Wildman–Crippen LogP) is 5.01. The third kappa shape index (κ3) is 3.61. The van der Waals surface area contributed by atoms with Gasteiger partial charge in [-0.2, -0.15) is 0 Å². The second kappa shape index (κ2) is 7.40. The van der Waals surface area contributed by atoms with E-state index in [9.17, 15) is 0 Å². The lowest BCUT2D eigenvalue weighted by atomic mass is 10.1. The molecule has 0 N–H and O–H groups in total. The van der Waals surface area contributed by atoms with Gasteiger partial charge in [0.05, 0.1) is 4.47 Å². The Bertz CT molecular complexity index is 858. The Morgan fingerprint density at radius 1 is 0.960 bits per heavy atom. The van der Waals surface area contributed by atoms with Crippen LogP contribution >= 0.6 is 15.9 Å². The monoisotopic (exact) mass is 397 g/mol. The maximum absolute atomic E-state index is 5.88. The largest absolute Gasteiger partial charge is 0.488 e. The maximum atomic E-state index is 5.88. The van der Waals surface area contributed by atoms with Crippen molar-refractivity contribution in [1.29, 1.82) is 0 Å². The average molecular weight is 398 g/mol. The summed E-state index contributed by atoms with van der Waals surface area (Å²) in [6.45, 7) is 1.56. The smallest absolute Gasteiger partial charge is 0.163 e. The van der Waals surface area contributed by atoms with Crippen molar-refractivity contribution in [2.24, 2.45) is 0 Å². The average Bonchev–Trinajstić information content (AvgIpc) is 2.90. The molecule has 0 aliphatic carbocycles. The molecule has 0 spiro atoms. The number of benzene rings is 2. The second-order valence-electron chi connectivity index (χ2n) is 6.32. The van der Waals surface area contributed by atoms with Gasteiger partial charge in [0.1, 0.15) is 18.2 Å². The molecule has 1 aromatic heterocycles. The van der Waals surface area contributed by atoms with Crippen LogP contribution in [-0.2, 0) is 19.6 Å². The van der Waals surface area contributed by atoms with Crippen molar-refractivity contribution in [1.82, 2.24) is 14.8 Å². The summed E-state index contributed by atoms with van der Waals surface area (Å²) in [7, 11) is 0. The molecule has 5 heteroatoms. The summed E-state index contributed by atoms with van der Waals surface area (Å²) in [6.07, 6.45) is 4.72. The molecule has 0 unspecified atom stereocenters. The molecule has 1 aliphatic rings. The third-order valence-electron chi connectivity index (χ3n) is 4.55. The van der Waals surface area contributed by atoms with E-state index in [1.807, 2.05) is 24.3 Å². The second-order valence-corrected chi connectivity index (χ2v) is 7.17. The highest BCUT2D eigenvalue weighted by Crippen LogP contribution is 2.26. The number of halogens is 1. The molecule has 0 atom stereocenters. The van der Waals surface area contributed by atoms with E-state index in [4.69, 9.17) is 4.74 Å². The lowest BCUT2D eigenvalue weighted by molar-refractivity contribution is 0.304. The first kappa shape index (κ1) is 16.3. The van der Waals surface area contributed by atoms with E-state index < -0.39 is 0 Å². The number of rotatable bonds is 4. The van der Waals surface area contributed by atoms with Crippen molar-refractivity contribution in [3.05, 3.63) is 64.4 Å². The van der Waals surface area contributed by atoms with Crippen molar-refractivity contribution in [3.63, 3.8) is 0 Å². The molecule has 0 bridgehead atoms. The van der Waals surface area contributed by atoms with Crippen LogP contribution in [0.25, 0.3) is 11.4 Å². The highest BCUT2D eigenvalue weighted by molar-refractivity contribution is 9.10. The van der Waals surface area contributed by atoms with Crippen LogP contribution < -0.4 is 4.74 Å². The Hall–Kier alpha value is -2.14. The van der Waals surface area contributed by atoms with Crippen molar-refractivity contribution in [3.8, 4) is 17.1 Å². The minimum atomic E-state index is 0.542. The van der Waals surface area contributed by atoms with Crippen LogP contribution in [-0.4, -0.2) is 14.8 Å². The molecule has 2 heterocycles. The highest BCUT2D eigenvalue weighted by atomic mass is 79.9. The molecule has 128 valence electrons. The van der Waals surface area contributed by atoms with Gasteiger partial charge in [-0.25, -0.2) is 0 Å². The summed E-state index contributed by atoms with van der Waals surface area (Å²) in [5.74, 6) is 2.96. The number of hydrogen-bond donors (Lipinski definition) is 0. The number of para-hydroxylation sites is 1. The molecule has 0 saturated carbocycles. The molecule has 3 aromatic rings. The number of aromatic nitrogens is 3. The van der Waals surface area contributed by atoms with E-state index in [1.54, 1.807) is 0 Å². The summed E-state index contributed by atoms with van der Waals surface area (Å²) in [5, 5.41) is 8.80. The Kier molecular flexibility index (Phi) is 4.83. The van der Waals surface area contributed by atoms with Crippen LogP contribution in [0.2, 0.25) is 0 Å². The fourth-order valence-corrected chi connectivity index (χ4v) is 3.57. The van der Waals surface area contributed by atoms with Gasteiger partial charge in [-0.1, -0.05) is 42.8 Å². The molecular formula is C20H20BrN3O. The first-order valence-electron chi connectivity index (χ1n) is 8.70. The van der Waals surface area contributed by atoms with Crippen LogP contribution in [0, 0.1) is 0 Å². The van der Waals surface area contributed by atoms with Crippen molar-refractivity contribution in [2.45, 2.75) is 38.8 Å². The molecule has 0 amide bonds. The number of aryl methyl sites for hydroxylation is 1. The van der Waals surface area contributed by atoms with Gasteiger partial charge in [0, 0.05) is 18.5 Å². The molecule has 4 rings (SSSR count). The zero-order valence-corrected chi connectivity index (χ0v) is 15.6. The van der Waals surface area contributed by atoms with Gasteiger partial charge in [0.15, 0.2) is 5.82 Å². The summed E-state index contributed by atoms with van der Waals surface area (Å²) >= 11 is 3.51. The van der Waals surface area contributed by atoms with E-state index in [2.05, 4.69) is 55.0 Å². The van der Waals surface area contributed by atoms with Crippen molar-refractivity contribution < 1.29 is 4.74 Å². The highest BCUT2D eigenvalue weighted by Gasteiger charge is 2.15. The Morgan fingerprint density at radius 2 is 1.80 bits per heavy atom. The molecule has 0 saturated heterocycles. The first-order chi connectivity index (χ1) is 12.3. The predicted molar refractivity (Wildman–Crippen MR) is 101 cm³/mol. The summed E-state index contributed by atoms with van der Waals surface area (Å²) in [4.78, 5) is 0. The van der Waals surface area contributed by atoms with E-state index in [-0.39, 0.29) is 0 Å². The Morgan fingerprint density at radius 3 is 2.64 bits per heavy atom. The van der Waals surface area contributed by atoms with Crippen molar-refractivity contribution >= 4 is 15.9 Å². The van der Waals surface area contributed by atoms with Gasteiger partial charge in [-0.15, -0.1) is 10.2 Å². The molecule has 1 aliphatic heterocycles. The third-order valence-corrected chi connectivity index (χ3v) is 5.21. The van der Waals surface area contributed by atoms with Crippen LogP contribution in [0.15, 0.2) is 53.0 Å². The fraction of sp³-hybridized carbons (Fsp3) is 0.300. The zero-order valence-electron chi connectivity index (χ0n) is 14.0. The van der Waals surface area contributed by atoms with Crippen molar-refractivity contribution in [2.75, 3.05) is 0 Å². The summed E-state index contributed by atoms with van der Waals surface area (Å²) < 4.78 is 9.13. The van der Waals surface area contributed by atoms with Crippen LogP contribution in [0.4, 0.5) is 0 Å². The molecule has 2 aromatic carbocycles. The summed E-state index contributed by atoms with van der Waals surface area (Å²) in [6, 6.07) is 16.3. The van der Waals surface area contributed by atoms with Crippen LogP contribution in [0.3, 0.4) is 0 Å². The van der Waals surface area contributed by atoms with Gasteiger partial charge in [-0.05, 0) is 46.5 Å². The fourth-order valence-electron chi connectivity index (χ4n) is 3.17. The maximum Gasteiger partial charge on any atom is 0.163 e. The lowest BCUT2D eigenvalue weighted by Crippen LogP contribution is -2.03. The number of nitrogens with zero attached hydrogens (tertiary/aromatic N) is 3. The minimum absolute atomic E-state index is 0.542. The molecule has 4 nitrogen and oxygen atoms in total. The molecule has 25 heavy (non-hydrogen) atoms. The van der Waals surface area contributed by atoms with E-state index in [1.165, 1.54) is 19.3 Å². The Balaban J connectivity index is 1.49. The van der Waals surface area contributed by atoms with E-state index >= 15 is 0 Å². The minimum Gasteiger partial charge on any atom is -0.488 e. The number of fused-ring (bicyclic) bond motifs is 1. The van der Waals surface area contributed by atoms with Gasteiger partial charge >= 0.3 is 0 Å². The number of hydrogen-bond acceptors (Lipinski definition) is 3. The standard InChI is InChI=1S/C20H20BrN3O/c21-17-6-3-4-7-18(17)25-14-15-9-11-16(12-10-15)20-23-22-19-8-2-1-5-13-24(19)20/h3-4,6-7,9-12H,1-2,5,8,13-14H2. The molecule has 0 radical (unpaired) electrons. The zero-order chi connectivity index (χ0) is 17.1. The lowest BCUT2D eigenvalue weighted by Gasteiger charge is -2.09. The van der Waals surface area contributed by atoms with Gasteiger partial charge in [0.2, 0.25) is 0 Å². The van der Waals surface area contributed by atoms with Gasteiger partial charge in [-0.3, -0.25) is 0 Å². The van der Waals surface area contributed by atoms with Crippen LogP contribution in [0.5, 0.6) is 5.75 Å². The van der Waals surface area contributed by atoms with Crippen LogP contribution in [0.1, 0.15) is 30.7 Å². The normalized spacial score (nSPS) is 14.0. The first-order valence-corrected chi connectivity index (χ1v) is 9.49. The quantitative estimate of drug-likeness (QED) is 0.620. The molecular weight excluding hydrogens is 378 g/mol. The molecule has 0 fully saturated rings. The van der Waals surface area contributed by atoms with E-state index in [0.717, 1.165) is 46.0 Å². The summed E-state index contributed by atoms with van der Waals surface area (Å²) in [5.41, 5.74) is 2.25. The SMILES string of the molecule is Brc1ccccc1OCc1ccc(-c2nnc3n2CCCCC3)cc1.